The zero-order valence-corrected chi connectivity index (χ0v) is 11.1. The number of rotatable bonds is 5. The van der Waals surface area contributed by atoms with E-state index in [-0.39, 0.29) is 12.5 Å². The van der Waals surface area contributed by atoms with Gasteiger partial charge in [0.15, 0.2) is 6.10 Å². The lowest BCUT2D eigenvalue weighted by atomic mass is 10.1. The van der Waals surface area contributed by atoms with Gasteiger partial charge in [-0.2, -0.15) is 0 Å². The number of ether oxygens (including phenoxy) is 1. The molecule has 94 valence electrons. The van der Waals surface area contributed by atoms with Crippen molar-refractivity contribution in [3.8, 4) is 0 Å². The highest BCUT2D eigenvalue weighted by atomic mass is 35.5. The Labute approximate surface area is 110 Å². The lowest BCUT2D eigenvalue weighted by Gasteiger charge is -2.16. The fourth-order valence-corrected chi connectivity index (χ4v) is 1.72. The van der Waals surface area contributed by atoms with Crippen molar-refractivity contribution in [1.29, 1.82) is 0 Å². The molecule has 0 unspecified atom stereocenters. The molecule has 1 aromatic rings. The van der Waals surface area contributed by atoms with E-state index < -0.39 is 12.1 Å². The predicted octanol–water partition coefficient (Wildman–Crippen LogP) is 3.41. The van der Waals surface area contributed by atoms with Gasteiger partial charge in [-0.1, -0.05) is 29.3 Å². The van der Waals surface area contributed by atoms with E-state index in [9.17, 15) is 4.79 Å². The molecule has 1 atom stereocenters. The largest absolute Gasteiger partial charge is 0.479 e. The molecule has 0 aliphatic heterocycles. The zero-order chi connectivity index (χ0) is 13.0. The van der Waals surface area contributed by atoms with Gasteiger partial charge in [0.05, 0.1) is 16.1 Å². The van der Waals surface area contributed by atoms with Crippen molar-refractivity contribution < 1.29 is 14.6 Å². The van der Waals surface area contributed by atoms with E-state index in [2.05, 4.69) is 0 Å². The van der Waals surface area contributed by atoms with Crippen LogP contribution in [0.5, 0.6) is 0 Å². The molecule has 17 heavy (non-hydrogen) atoms. The summed E-state index contributed by atoms with van der Waals surface area (Å²) in [6.45, 7) is 3.59. The zero-order valence-electron chi connectivity index (χ0n) is 9.61. The Hall–Kier alpha value is -0.770. The van der Waals surface area contributed by atoms with E-state index >= 15 is 0 Å². The highest BCUT2D eigenvalue weighted by Crippen LogP contribution is 2.23. The molecular formula is C12H14Cl2O3. The van der Waals surface area contributed by atoms with Crippen molar-refractivity contribution in [1.82, 2.24) is 0 Å². The summed E-state index contributed by atoms with van der Waals surface area (Å²) in [4.78, 5) is 11.0. The Morgan fingerprint density at radius 3 is 2.47 bits per heavy atom. The third-order valence-corrected chi connectivity index (χ3v) is 2.86. The topological polar surface area (TPSA) is 46.5 Å². The van der Waals surface area contributed by atoms with Crippen LogP contribution in [0.4, 0.5) is 0 Å². The molecule has 0 aliphatic carbocycles. The molecule has 0 aliphatic rings. The summed E-state index contributed by atoms with van der Waals surface area (Å²) in [5.41, 5.74) is 0.785. The number of carboxylic acids is 1. The molecule has 1 aromatic carbocycles. The number of benzene rings is 1. The smallest absolute Gasteiger partial charge is 0.333 e. The third-order valence-electron chi connectivity index (χ3n) is 2.12. The number of hydrogen-bond donors (Lipinski definition) is 1. The summed E-state index contributed by atoms with van der Waals surface area (Å²) in [5.74, 6) is -0.982. The van der Waals surface area contributed by atoms with Gasteiger partial charge in [0.1, 0.15) is 0 Å². The fourth-order valence-electron chi connectivity index (χ4n) is 1.40. The molecule has 0 spiro atoms. The Balaban J connectivity index is 2.78. The second-order valence-electron chi connectivity index (χ2n) is 3.96. The normalized spacial score (nSPS) is 12.8. The first-order valence-electron chi connectivity index (χ1n) is 5.22. The maximum absolute atomic E-state index is 11.0. The average Bonchev–Trinajstić information content (AvgIpc) is 2.21. The summed E-state index contributed by atoms with van der Waals surface area (Å²) in [6, 6.07) is 5.05. The van der Waals surface area contributed by atoms with Crippen molar-refractivity contribution in [2.45, 2.75) is 32.5 Å². The summed E-state index contributed by atoms with van der Waals surface area (Å²) in [5, 5.41) is 9.89. The fraction of sp³-hybridized carbons (Fsp3) is 0.417. The molecule has 0 aromatic heterocycles. The summed E-state index contributed by atoms with van der Waals surface area (Å²) in [6.07, 6.45) is -0.740. The second kappa shape index (κ2) is 6.24. The van der Waals surface area contributed by atoms with E-state index in [1.54, 1.807) is 32.0 Å². The Bertz CT molecular complexity index is 405. The predicted molar refractivity (Wildman–Crippen MR) is 67.8 cm³/mol. The van der Waals surface area contributed by atoms with E-state index in [0.29, 0.717) is 10.0 Å². The highest BCUT2D eigenvalue weighted by molar-refractivity contribution is 6.42. The van der Waals surface area contributed by atoms with Gasteiger partial charge in [-0.05, 0) is 31.5 Å². The first kappa shape index (κ1) is 14.3. The number of hydrogen-bond acceptors (Lipinski definition) is 2. The molecular weight excluding hydrogens is 263 g/mol. The van der Waals surface area contributed by atoms with Crippen LogP contribution in [0.1, 0.15) is 19.4 Å². The van der Waals surface area contributed by atoms with Gasteiger partial charge < -0.3 is 9.84 Å². The quantitative estimate of drug-likeness (QED) is 0.897. The van der Waals surface area contributed by atoms with Crippen molar-refractivity contribution in [2.75, 3.05) is 0 Å². The van der Waals surface area contributed by atoms with Crippen LogP contribution in [-0.4, -0.2) is 23.3 Å². The number of carboxylic acid groups (broad SMARTS) is 1. The van der Waals surface area contributed by atoms with Crippen LogP contribution >= 0.6 is 23.2 Å². The molecule has 1 rings (SSSR count). The van der Waals surface area contributed by atoms with Crippen molar-refractivity contribution in [2.24, 2.45) is 0 Å². The van der Waals surface area contributed by atoms with Gasteiger partial charge in [0, 0.05) is 6.42 Å². The minimum absolute atomic E-state index is 0.140. The lowest BCUT2D eigenvalue weighted by molar-refractivity contribution is -0.153. The monoisotopic (exact) mass is 276 g/mol. The van der Waals surface area contributed by atoms with Crippen LogP contribution in [0.25, 0.3) is 0 Å². The molecule has 0 bridgehead atoms. The molecule has 0 radical (unpaired) electrons. The van der Waals surface area contributed by atoms with Gasteiger partial charge in [0.25, 0.3) is 0 Å². The Morgan fingerprint density at radius 1 is 1.35 bits per heavy atom. The van der Waals surface area contributed by atoms with Gasteiger partial charge in [-0.25, -0.2) is 4.79 Å². The van der Waals surface area contributed by atoms with Crippen molar-refractivity contribution >= 4 is 29.2 Å². The molecule has 0 saturated heterocycles. The van der Waals surface area contributed by atoms with Crippen LogP contribution in [0.15, 0.2) is 18.2 Å². The van der Waals surface area contributed by atoms with Crippen LogP contribution in [0.3, 0.4) is 0 Å². The third kappa shape index (κ3) is 4.54. The van der Waals surface area contributed by atoms with Gasteiger partial charge >= 0.3 is 5.97 Å². The molecule has 0 saturated carbocycles. The maximum Gasteiger partial charge on any atom is 0.333 e. The second-order valence-corrected chi connectivity index (χ2v) is 4.78. The molecule has 3 nitrogen and oxygen atoms in total. The van der Waals surface area contributed by atoms with Gasteiger partial charge in [0.2, 0.25) is 0 Å². The molecule has 0 fully saturated rings. The van der Waals surface area contributed by atoms with Gasteiger partial charge in [-0.15, -0.1) is 0 Å². The van der Waals surface area contributed by atoms with Crippen molar-refractivity contribution in [3.05, 3.63) is 33.8 Å². The van der Waals surface area contributed by atoms with E-state index in [4.69, 9.17) is 33.0 Å². The van der Waals surface area contributed by atoms with Gasteiger partial charge in [-0.3, -0.25) is 0 Å². The minimum Gasteiger partial charge on any atom is -0.479 e. The van der Waals surface area contributed by atoms with E-state index in [1.807, 2.05) is 0 Å². The van der Waals surface area contributed by atoms with Crippen molar-refractivity contribution in [3.63, 3.8) is 0 Å². The minimum atomic E-state index is -0.982. The maximum atomic E-state index is 11.0. The van der Waals surface area contributed by atoms with E-state index in [0.717, 1.165) is 5.56 Å². The van der Waals surface area contributed by atoms with E-state index in [1.165, 1.54) is 0 Å². The molecule has 0 amide bonds. The first-order chi connectivity index (χ1) is 7.90. The lowest BCUT2D eigenvalue weighted by Crippen LogP contribution is -2.29. The number of halogens is 2. The van der Waals surface area contributed by atoms with Crippen LogP contribution in [-0.2, 0) is 16.0 Å². The Morgan fingerprint density at radius 2 is 2.00 bits per heavy atom. The standard InChI is InChI=1S/C12H14Cl2O3/c1-7(2)17-11(12(15)16)6-8-3-4-9(13)10(14)5-8/h3-5,7,11H,6H2,1-2H3,(H,15,16)/t11-/m1/s1. The molecule has 5 heteroatoms. The first-order valence-corrected chi connectivity index (χ1v) is 5.98. The number of aliphatic carboxylic acids is 1. The molecule has 0 heterocycles. The Kier molecular flexibility index (Phi) is 5.25. The average molecular weight is 277 g/mol. The summed E-state index contributed by atoms with van der Waals surface area (Å²) < 4.78 is 5.31. The summed E-state index contributed by atoms with van der Waals surface area (Å²) in [7, 11) is 0. The number of carbonyl (C=O) groups is 1. The van der Waals surface area contributed by atoms with Crippen LogP contribution < -0.4 is 0 Å². The SMILES string of the molecule is CC(C)O[C@H](Cc1ccc(Cl)c(Cl)c1)C(=O)O. The van der Waals surface area contributed by atoms with Crippen LogP contribution in [0, 0.1) is 0 Å². The van der Waals surface area contributed by atoms with Crippen LogP contribution in [0.2, 0.25) is 10.0 Å². The molecule has 1 N–H and O–H groups in total. The highest BCUT2D eigenvalue weighted by Gasteiger charge is 2.20. The summed E-state index contributed by atoms with van der Waals surface area (Å²) >= 11 is 11.6.